The van der Waals surface area contributed by atoms with Gasteiger partial charge in [-0.1, -0.05) is 0 Å². The summed E-state index contributed by atoms with van der Waals surface area (Å²) in [5, 5.41) is 11.2. The summed E-state index contributed by atoms with van der Waals surface area (Å²) >= 11 is 0. The van der Waals surface area contributed by atoms with Crippen LogP contribution in [-0.4, -0.2) is 22.0 Å². The lowest BCUT2D eigenvalue weighted by atomic mass is 10.1. The average Bonchev–Trinajstić information content (AvgIpc) is 2.49. The summed E-state index contributed by atoms with van der Waals surface area (Å²) < 4.78 is 13.6. The third kappa shape index (κ3) is 3.40. The maximum atomic E-state index is 13.6. The second-order valence-corrected chi connectivity index (χ2v) is 4.19. The molecule has 1 amide bonds. The molecule has 0 aliphatic heterocycles. The molecule has 6 nitrogen and oxygen atoms in total. The number of anilines is 1. The highest BCUT2D eigenvalue weighted by molar-refractivity contribution is 6.04. The Morgan fingerprint density at radius 3 is 2.67 bits per heavy atom. The standard InChI is InChI=1S/C14H12FN3O3/c15-11-2-1-9(14(20)21)6-12(11)18-13(19)8-3-4-17-10(5-8)7-16/h1-6H,7,16H2,(H,18,19)(H,20,21). The SMILES string of the molecule is NCc1cc(C(=O)Nc2cc(C(=O)O)ccc2F)ccn1. The Morgan fingerprint density at radius 2 is 2.00 bits per heavy atom. The van der Waals surface area contributed by atoms with Crippen LogP contribution in [0.25, 0.3) is 0 Å². The monoisotopic (exact) mass is 289 g/mol. The molecule has 2 rings (SSSR count). The molecule has 0 bridgehead atoms. The van der Waals surface area contributed by atoms with Crippen LogP contribution in [0.2, 0.25) is 0 Å². The first kappa shape index (κ1) is 14.6. The zero-order valence-electron chi connectivity index (χ0n) is 10.8. The molecule has 0 unspecified atom stereocenters. The lowest BCUT2D eigenvalue weighted by Crippen LogP contribution is -2.14. The highest BCUT2D eigenvalue weighted by atomic mass is 19.1. The van der Waals surface area contributed by atoms with E-state index >= 15 is 0 Å². The molecule has 0 fully saturated rings. The van der Waals surface area contributed by atoms with Gasteiger partial charge in [-0.3, -0.25) is 9.78 Å². The number of hydrogen-bond acceptors (Lipinski definition) is 4. The topological polar surface area (TPSA) is 105 Å². The largest absolute Gasteiger partial charge is 0.478 e. The normalized spacial score (nSPS) is 10.2. The molecule has 1 heterocycles. The van der Waals surface area contributed by atoms with Crippen LogP contribution < -0.4 is 11.1 Å². The van der Waals surface area contributed by atoms with Crippen molar-refractivity contribution >= 4 is 17.6 Å². The number of carboxylic acids is 1. The van der Waals surface area contributed by atoms with Gasteiger partial charge in [0.05, 0.1) is 16.9 Å². The van der Waals surface area contributed by atoms with Crippen molar-refractivity contribution in [1.29, 1.82) is 0 Å². The summed E-state index contributed by atoms with van der Waals surface area (Å²) in [6, 6.07) is 6.09. The van der Waals surface area contributed by atoms with E-state index in [2.05, 4.69) is 10.3 Å². The molecule has 7 heteroatoms. The number of aromatic carboxylic acids is 1. The summed E-state index contributed by atoms with van der Waals surface area (Å²) in [4.78, 5) is 26.8. The Kier molecular flexibility index (Phi) is 4.24. The molecule has 0 atom stereocenters. The molecule has 4 N–H and O–H groups in total. The van der Waals surface area contributed by atoms with Crippen molar-refractivity contribution in [2.45, 2.75) is 6.54 Å². The van der Waals surface area contributed by atoms with Crippen molar-refractivity contribution < 1.29 is 19.1 Å². The first-order valence-corrected chi connectivity index (χ1v) is 6.00. The van der Waals surface area contributed by atoms with Crippen LogP contribution in [0.15, 0.2) is 36.5 Å². The summed E-state index contributed by atoms with van der Waals surface area (Å²) in [5.74, 6) is -2.50. The van der Waals surface area contributed by atoms with E-state index in [1.165, 1.54) is 18.3 Å². The van der Waals surface area contributed by atoms with Gasteiger partial charge in [-0.05, 0) is 30.3 Å². The van der Waals surface area contributed by atoms with E-state index in [4.69, 9.17) is 10.8 Å². The molecule has 108 valence electrons. The summed E-state index contributed by atoms with van der Waals surface area (Å²) in [6.07, 6.45) is 1.42. The van der Waals surface area contributed by atoms with E-state index in [0.29, 0.717) is 5.69 Å². The van der Waals surface area contributed by atoms with Crippen molar-refractivity contribution in [3.63, 3.8) is 0 Å². The molecule has 0 saturated heterocycles. The first-order valence-electron chi connectivity index (χ1n) is 6.00. The summed E-state index contributed by atoms with van der Waals surface area (Å²) in [7, 11) is 0. The van der Waals surface area contributed by atoms with Gasteiger partial charge in [0, 0.05) is 18.3 Å². The quantitative estimate of drug-likeness (QED) is 0.793. The van der Waals surface area contributed by atoms with Crippen molar-refractivity contribution in [3.8, 4) is 0 Å². The Bertz CT molecular complexity index is 704. The number of nitrogens with zero attached hydrogens (tertiary/aromatic N) is 1. The molecule has 1 aromatic heterocycles. The molecule has 0 radical (unpaired) electrons. The Hall–Kier alpha value is -2.80. The predicted octanol–water partition coefficient (Wildman–Crippen LogP) is 1.63. The maximum Gasteiger partial charge on any atom is 0.335 e. The predicted molar refractivity (Wildman–Crippen MR) is 73.4 cm³/mol. The van der Waals surface area contributed by atoms with Gasteiger partial charge >= 0.3 is 5.97 Å². The fourth-order valence-corrected chi connectivity index (χ4v) is 1.68. The van der Waals surface area contributed by atoms with E-state index in [9.17, 15) is 14.0 Å². The van der Waals surface area contributed by atoms with E-state index in [1.54, 1.807) is 0 Å². The Morgan fingerprint density at radius 1 is 1.24 bits per heavy atom. The minimum absolute atomic E-state index is 0.121. The number of carbonyl (C=O) groups excluding carboxylic acids is 1. The van der Waals surface area contributed by atoms with Gasteiger partial charge in [0.1, 0.15) is 5.82 Å². The van der Waals surface area contributed by atoms with Gasteiger partial charge in [0.15, 0.2) is 0 Å². The number of amides is 1. The van der Waals surface area contributed by atoms with E-state index in [-0.39, 0.29) is 23.4 Å². The lowest BCUT2D eigenvalue weighted by Gasteiger charge is -2.08. The molecule has 0 aliphatic rings. The second-order valence-electron chi connectivity index (χ2n) is 4.19. The van der Waals surface area contributed by atoms with Gasteiger partial charge in [-0.2, -0.15) is 0 Å². The average molecular weight is 289 g/mol. The molecule has 0 spiro atoms. The summed E-state index contributed by atoms with van der Waals surface area (Å²) in [5.41, 5.74) is 5.88. The van der Waals surface area contributed by atoms with Crippen molar-refractivity contribution in [2.75, 3.05) is 5.32 Å². The van der Waals surface area contributed by atoms with Gasteiger partial charge < -0.3 is 16.2 Å². The zero-order chi connectivity index (χ0) is 15.4. The fraction of sp³-hybridized carbons (Fsp3) is 0.0714. The van der Waals surface area contributed by atoms with Crippen LogP contribution in [0, 0.1) is 5.82 Å². The van der Waals surface area contributed by atoms with Crippen molar-refractivity contribution in [2.24, 2.45) is 5.73 Å². The third-order valence-electron chi connectivity index (χ3n) is 2.75. The van der Waals surface area contributed by atoms with Crippen LogP contribution in [-0.2, 0) is 6.54 Å². The van der Waals surface area contributed by atoms with Crippen LogP contribution in [0.4, 0.5) is 10.1 Å². The van der Waals surface area contributed by atoms with Gasteiger partial charge in [-0.15, -0.1) is 0 Å². The fourth-order valence-electron chi connectivity index (χ4n) is 1.68. The van der Waals surface area contributed by atoms with Gasteiger partial charge in [0.2, 0.25) is 0 Å². The number of rotatable bonds is 4. The molecule has 21 heavy (non-hydrogen) atoms. The van der Waals surface area contributed by atoms with E-state index in [0.717, 1.165) is 18.2 Å². The molecule has 0 aliphatic carbocycles. The van der Waals surface area contributed by atoms with Crippen LogP contribution >= 0.6 is 0 Å². The maximum absolute atomic E-state index is 13.6. The van der Waals surface area contributed by atoms with Gasteiger partial charge in [-0.25, -0.2) is 9.18 Å². The van der Waals surface area contributed by atoms with Crippen molar-refractivity contribution in [3.05, 3.63) is 59.2 Å². The summed E-state index contributed by atoms with van der Waals surface area (Å²) in [6.45, 7) is 0.171. The number of pyridine rings is 1. The third-order valence-corrected chi connectivity index (χ3v) is 2.75. The number of carbonyl (C=O) groups is 2. The lowest BCUT2D eigenvalue weighted by molar-refractivity contribution is 0.0696. The minimum Gasteiger partial charge on any atom is -0.478 e. The number of aromatic nitrogens is 1. The molecule has 0 saturated carbocycles. The highest BCUT2D eigenvalue weighted by Crippen LogP contribution is 2.17. The number of nitrogens with one attached hydrogen (secondary N) is 1. The van der Waals surface area contributed by atoms with Crippen molar-refractivity contribution in [1.82, 2.24) is 4.98 Å². The Balaban J connectivity index is 2.26. The van der Waals surface area contributed by atoms with Crippen LogP contribution in [0.1, 0.15) is 26.4 Å². The number of benzene rings is 1. The zero-order valence-corrected chi connectivity index (χ0v) is 10.8. The number of hydrogen-bond donors (Lipinski definition) is 3. The Labute approximate surface area is 119 Å². The highest BCUT2D eigenvalue weighted by Gasteiger charge is 2.13. The van der Waals surface area contributed by atoms with Crippen LogP contribution in [0.5, 0.6) is 0 Å². The number of halogens is 1. The number of nitrogens with two attached hydrogens (primary N) is 1. The first-order chi connectivity index (χ1) is 10.0. The van der Waals surface area contributed by atoms with E-state index < -0.39 is 17.7 Å². The van der Waals surface area contributed by atoms with Gasteiger partial charge in [0.25, 0.3) is 5.91 Å². The second kappa shape index (κ2) is 6.10. The molecule has 1 aromatic carbocycles. The molecular formula is C14H12FN3O3. The van der Waals surface area contributed by atoms with E-state index in [1.807, 2.05) is 0 Å². The molecule has 2 aromatic rings. The molecular weight excluding hydrogens is 277 g/mol. The minimum atomic E-state index is -1.21. The van der Waals surface area contributed by atoms with Crippen LogP contribution in [0.3, 0.4) is 0 Å². The number of carboxylic acid groups (broad SMARTS) is 1. The smallest absolute Gasteiger partial charge is 0.335 e.